The Bertz CT molecular complexity index is 848. The van der Waals surface area contributed by atoms with Crippen molar-refractivity contribution in [1.29, 1.82) is 0 Å². The van der Waals surface area contributed by atoms with Crippen LogP contribution in [0.25, 0.3) is 10.6 Å². The second kappa shape index (κ2) is 9.84. The molecule has 1 atom stereocenters. The zero-order valence-corrected chi connectivity index (χ0v) is 17.0. The molecule has 8 nitrogen and oxygen atoms in total. The summed E-state index contributed by atoms with van der Waals surface area (Å²) in [4.78, 5) is 40.3. The summed E-state index contributed by atoms with van der Waals surface area (Å²) in [5.74, 6) is -0.640. The second-order valence-electron chi connectivity index (χ2n) is 6.07. The van der Waals surface area contributed by atoms with E-state index in [0.29, 0.717) is 15.6 Å². The highest BCUT2D eigenvalue weighted by molar-refractivity contribution is 7.17. The number of amides is 3. The molecule has 0 spiro atoms. The first-order chi connectivity index (χ1) is 13.3. The Morgan fingerprint density at radius 1 is 1.21 bits per heavy atom. The number of ether oxygens (including phenoxy) is 2. The van der Waals surface area contributed by atoms with Gasteiger partial charge in [-0.3, -0.25) is 10.1 Å². The minimum atomic E-state index is -0.702. The molecule has 0 unspecified atom stereocenters. The van der Waals surface area contributed by atoms with Crippen LogP contribution in [-0.4, -0.2) is 42.7 Å². The number of esters is 1. The van der Waals surface area contributed by atoms with Crippen molar-refractivity contribution in [2.45, 2.75) is 33.2 Å². The number of aryl methyl sites for hydroxylation is 1. The van der Waals surface area contributed by atoms with E-state index in [1.165, 1.54) is 11.3 Å². The highest BCUT2D eigenvalue weighted by atomic mass is 32.1. The van der Waals surface area contributed by atoms with Gasteiger partial charge in [0.25, 0.3) is 5.91 Å². The minimum Gasteiger partial charge on any atom is -0.497 e. The van der Waals surface area contributed by atoms with E-state index in [1.807, 2.05) is 26.0 Å². The van der Waals surface area contributed by atoms with Gasteiger partial charge in [-0.15, -0.1) is 11.3 Å². The molecule has 0 saturated carbocycles. The van der Waals surface area contributed by atoms with Crippen molar-refractivity contribution >= 4 is 29.2 Å². The fourth-order valence-electron chi connectivity index (χ4n) is 2.16. The quantitative estimate of drug-likeness (QED) is 0.686. The summed E-state index contributed by atoms with van der Waals surface area (Å²) in [5, 5.41) is 5.37. The Hall–Kier alpha value is -2.94. The molecule has 2 N–H and O–H groups in total. The molecule has 28 heavy (non-hydrogen) atoms. The number of imide groups is 1. The van der Waals surface area contributed by atoms with Gasteiger partial charge in [-0.25, -0.2) is 14.6 Å². The Balaban J connectivity index is 1.94. The zero-order chi connectivity index (χ0) is 20.7. The molecule has 0 saturated heterocycles. The number of benzene rings is 1. The van der Waals surface area contributed by atoms with Gasteiger partial charge in [0.15, 0.2) is 6.61 Å². The minimum absolute atomic E-state index is 0.0634. The van der Waals surface area contributed by atoms with Gasteiger partial charge >= 0.3 is 12.0 Å². The third kappa shape index (κ3) is 5.78. The molecule has 9 heteroatoms. The van der Waals surface area contributed by atoms with Crippen LogP contribution in [-0.2, 0) is 9.53 Å². The first kappa shape index (κ1) is 21.4. The van der Waals surface area contributed by atoms with Gasteiger partial charge in [-0.05, 0) is 44.5 Å². The molecule has 1 aromatic heterocycles. The molecule has 1 aromatic carbocycles. The van der Waals surface area contributed by atoms with E-state index in [-0.39, 0.29) is 6.04 Å². The van der Waals surface area contributed by atoms with E-state index >= 15 is 0 Å². The van der Waals surface area contributed by atoms with Crippen LogP contribution in [0, 0.1) is 6.92 Å². The van der Waals surface area contributed by atoms with Crippen LogP contribution in [0.5, 0.6) is 5.75 Å². The van der Waals surface area contributed by atoms with E-state index in [1.54, 1.807) is 26.2 Å². The Morgan fingerprint density at radius 2 is 1.89 bits per heavy atom. The molecule has 2 rings (SSSR count). The predicted octanol–water partition coefficient (Wildman–Crippen LogP) is 2.91. The van der Waals surface area contributed by atoms with Crippen LogP contribution in [0.3, 0.4) is 0 Å². The lowest BCUT2D eigenvalue weighted by Gasteiger charge is -2.11. The van der Waals surface area contributed by atoms with Crippen LogP contribution in [0.1, 0.15) is 35.6 Å². The van der Waals surface area contributed by atoms with Crippen molar-refractivity contribution in [3.8, 4) is 16.3 Å². The predicted molar refractivity (Wildman–Crippen MR) is 106 cm³/mol. The number of methoxy groups -OCH3 is 1. The fourth-order valence-corrected chi connectivity index (χ4v) is 3.13. The van der Waals surface area contributed by atoms with Crippen LogP contribution in [0.2, 0.25) is 0 Å². The molecule has 1 heterocycles. The van der Waals surface area contributed by atoms with E-state index in [4.69, 9.17) is 9.47 Å². The number of thiazole rings is 1. The number of carbonyl (C=O) groups is 3. The Morgan fingerprint density at radius 3 is 2.50 bits per heavy atom. The van der Waals surface area contributed by atoms with E-state index < -0.39 is 24.5 Å². The van der Waals surface area contributed by atoms with Crippen molar-refractivity contribution in [2.75, 3.05) is 13.7 Å². The van der Waals surface area contributed by atoms with Crippen LogP contribution in [0.15, 0.2) is 24.3 Å². The first-order valence-corrected chi connectivity index (χ1v) is 9.55. The maximum Gasteiger partial charge on any atom is 0.350 e. The highest BCUT2D eigenvalue weighted by Crippen LogP contribution is 2.29. The average molecular weight is 405 g/mol. The molecule has 0 radical (unpaired) electrons. The smallest absolute Gasteiger partial charge is 0.350 e. The molecule has 0 aliphatic carbocycles. The number of hydrogen-bond acceptors (Lipinski definition) is 7. The molecule has 0 aliphatic rings. The number of urea groups is 1. The average Bonchev–Trinajstić information content (AvgIpc) is 3.07. The maximum atomic E-state index is 12.3. The summed E-state index contributed by atoms with van der Waals surface area (Å²) in [5.41, 5.74) is 1.35. The Kier molecular flexibility index (Phi) is 7.51. The summed E-state index contributed by atoms with van der Waals surface area (Å²) in [6.45, 7) is 4.87. The van der Waals surface area contributed by atoms with Crippen LogP contribution >= 0.6 is 11.3 Å². The van der Waals surface area contributed by atoms with Crippen molar-refractivity contribution in [1.82, 2.24) is 15.6 Å². The Labute approximate surface area is 167 Å². The van der Waals surface area contributed by atoms with Crippen molar-refractivity contribution < 1.29 is 23.9 Å². The lowest BCUT2D eigenvalue weighted by molar-refractivity contribution is -0.123. The molecular formula is C19H23N3O5S. The lowest BCUT2D eigenvalue weighted by Crippen LogP contribution is -2.44. The number of hydrogen-bond donors (Lipinski definition) is 2. The molecule has 150 valence electrons. The fraction of sp³-hybridized carbons (Fsp3) is 0.368. The summed E-state index contributed by atoms with van der Waals surface area (Å²) in [6, 6.07) is 6.61. The summed E-state index contributed by atoms with van der Waals surface area (Å²) in [7, 11) is 1.58. The number of nitrogens with one attached hydrogen (secondary N) is 2. The first-order valence-electron chi connectivity index (χ1n) is 8.73. The van der Waals surface area contributed by atoms with Gasteiger partial charge in [-0.2, -0.15) is 0 Å². The van der Waals surface area contributed by atoms with Crippen molar-refractivity contribution in [3.05, 3.63) is 34.8 Å². The van der Waals surface area contributed by atoms with Crippen LogP contribution in [0.4, 0.5) is 4.79 Å². The molecular weight excluding hydrogens is 382 g/mol. The van der Waals surface area contributed by atoms with E-state index in [0.717, 1.165) is 17.7 Å². The summed E-state index contributed by atoms with van der Waals surface area (Å²) >= 11 is 1.17. The third-order valence-electron chi connectivity index (χ3n) is 3.90. The van der Waals surface area contributed by atoms with Crippen molar-refractivity contribution in [2.24, 2.45) is 0 Å². The molecule has 0 fully saturated rings. The number of carbonyl (C=O) groups excluding carboxylic acids is 3. The van der Waals surface area contributed by atoms with Crippen LogP contribution < -0.4 is 15.4 Å². The van der Waals surface area contributed by atoms with Gasteiger partial charge in [0.2, 0.25) is 0 Å². The maximum absolute atomic E-state index is 12.3. The number of aromatic nitrogens is 1. The topological polar surface area (TPSA) is 107 Å². The van der Waals surface area contributed by atoms with Gasteiger partial charge in [0.1, 0.15) is 15.6 Å². The van der Waals surface area contributed by atoms with Gasteiger partial charge < -0.3 is 14.8 Å². The van der Waals surface area contributed by atoms with Gasteiger partial charge in [-0.1, -0.05) is 6.92 Å². The second-order valence-corrected chi connectivity index (χ2v) is 7.07. The monoisotopic (exact) mass is 405 g/mol. The largest absolute Gasteiger partial charge is 0.497 e. The summed E-state index contributed by atoms with van der Waals surface area (Å²) in [6.07, 6.45) is 0.734. The van der Waals surface area contributed by atoms with E-state index in [2.05, 4.69) is 15.6 Å². The molecule has 2 aromatic rings. The lowest BCUT2D eigenvalue weighted by atomic mass is 10.2. The summed E-state index contributed by atoms with van der Waals surface area (Å²) < 4.78 is 10.1. The molecule has 0 aliphatic heterocycles. The molecule has 3 amide bonds. The third-order valence-corrected chi connectivity index (χ3v) is 5.08. The number of nitrogens with zero attached hydrogens (tertiary/aromatic N) is 1. The number of rotatable bonds is 7. The van der Waals surface area contributed by atoms with Gasteiger partial charge in [0.05, 0.1) is 12.8 Å². The SMILES string of the molecule is CC[C@@H](C)NC(=O)NC(=O)COC(=O)c1sc(-c2ccc(OC)cc2)nc1C. The zero-order valence-electron chi connectivity index (χ0n) is 16.2. The standard InChI is InChI=1S/C19H23N3O5S/c1-5-11(2)20-19(25)22-15(23)10-27-18(24)16-12(3)21-17(28-16)13-6-8-14(26-4)9-7-13/h6-9,11H,5,10H2,1-4H3,(H2,20,22,23,25)/t11-/m1/s1. The highest BCUT2D eigenvalue weighted by Gasteiger charge is 2.19. The normalized spacial score (nSPS) is 11.4. The molecule has 0 bridgehead atoms. The van der Waals surface area contributed by atoms with Gasteiger partial charge in [0, 0.05) is 11.6 Å². The van der Waals surface area contributed by atoms with Crippen molar-refractivity contribution in [3.63, 3.8) is 0 Å². The van der Waals surface area contributed by atoms with E-state index in [9.17, 15) is 14.4 Å².